The largest absolute Gasteiger partial charge is 0.378 e. The topological polar surface area (TPSA) is 18.5 Å². The van der Waals surface area contributed by atoms with Gasteiger partial charge in [0.2, 0.25) is 0 Å². The van der Waals surface area contributed by atoms with E-state index in [1.807, 2.05) is 13.0 Å². The lowest BCUT2D eigenvalue weighted by Gasteiger charge is -2.32. The molecule has 0 N–H and O–H groups in total. The molecular formula is C15H30O2. The molecule has 0 aromatic heterocycles. The number of unbranched alkanes of at least 4 members (excludes halogenated alkanes) is 5. The van der Waals surface area contributed by atoms with Crippen molar-refractivity contribution in [1.29, 1.82) is 0 Å². The van der Waals surface area contributed by atoms with E-state index >= 15 is 0 Å². The lowest BCUT2D eigenvalue weighted by molar-refractivity contribution is -0.0794. The van der Waals surface area contributed by atoms with Crippen LogP contribution in [0.4, 0.5) is 0 Å². The number of hydrogen-bond donors (Lipinski definition) is 0. The van der Waals surface area contributed by atoms with Crippen molar-refractivity contribution in [2.24, 2.45) is 0 Å². The van der Waals surface area contributed by atoms with Crippen LogP contribution in [0.2, 0.25) is 0 Å². The summed E-state index contributed by atoms with van der Waals surface area (Å²) >= 11 is 0. The molecular weight excluding hydrogens is 212 g/mol. The Kier molecular flexibility index (Phi) is 9.47. The third-order valence-corrected chi connectivity index (χ3v) is 3.59. The molecule has 0 saturated carbocycles. The van der Waals surface area contributed by atoms with Crippen LogP contribution < -0.4 is 0 Å². The molecule has 2 nitrogen and oxygen atoms in total. The second kappa shape index (κ2) is 9.67. The summed E-state index contributed by atoms with van der Waals surface area (Å²) < 4.78 is 11.0. The first-order valence-electron chi connectivity index (χ1n) is 6.86. The molecule has 0 rings (SSSR count). The molecule has 0 aliphatic heterocycles. The van der Waals surface area contributed by atoms with Crippen molar-refractivity contribution in [2.45, 2.75) is 70.5 Å². The van der Waals surface area contributed by atoms with Gasteiger partial charge >= 0.3 is 0 Å². The SMILES string of the molecule is C=CC(C)(OC)C(CCCCCCCC)OC. The third-order valence-electron chi connectivity index (χ3n) is 3.59. The molecule has 0 fully saturated rings. The van der Waals surface area contributed by atoms with E-state index in [9.17, 15) is 0 Å². The Morgan fingerprint density at radius 2 is 1.71 bits per heavy atom. The third kappa shape index (κ3) is 6.23. The predicted molar refractivity (Wildman–Crippen MR) is 74.4 cm³/mol. The summed E-state index contributed by atoms with van der Waals surface area (Å²) in [6.07, 6.45) is 10.8. The van der Waals surface area contributed by atoms with Gasteiger partial charge in [0.15, 0.2) is 0 Å². The summed E-state index contributed by atoms with van der Waals surface area (Å²) in [6.45, 7) is 8.11. The molecule has 0 aromatic rings. The maximum absolute atomic E-state index is 5.53. The van der Waals surface area contributed by atoms with E-state index in [2.05, 4.69) is 13.5 Å². The van der Waals surface area contributed by atoms with Crippen LogP contribution in [0.3, 0.4) is 0 Å². The molecule has 0 spiro atoms. The van der Waals surface area contributed by atoms with Crippen LogP contribution in [0, 0.1) is 0 Å². The first kappa shape index (κ1) is 16.7. The monoisotopic (exact) mass is 242 g/mol. The normalized spacial score (nSPS) is 16.5. The van der Waals surface area contributed by atoms with Crippen molar-refractivity contribution >= 4 is 0 Å². The van der Waals surface area contributed by atoms with Gasteiger partial charge in [-0.3, -0.25) is 0 Å². The second-order valence-electron chi connectivity index (χ2n) is 4.87. The zero-order valence-corrected chi connectivity index (χ0v) is 12.1. The number of hydrogen-bond acceptors (Lipinski definition) is 2. The molecule has 0 heterocycles. The molecule has 0 aliphatic carbocycles. The number of methoxy groups -OCH3 is 2. The summed E-state index contributed by atoms with van der Waals surface area (Å²) in [5.41, 5.74) is -0.363. The van der Waals surface area contributed by atoms with E-state index in [0.717, 1.165) is 6.42 Å². The van der Waals surface area contributed by atoms with Gasteiger partial charge in [-0.2, -0.15) is 0 Å². The van der Waals surface area contributed by atoms with Crippen LogP contribution in [0.1, 0.15) is 58.8 Å². The quantitative estimate of drug-likeness (QED) is 0.396. The minimum atomic E-state index is -0.363. The Labute approximate surface area is 107 Å². The van der Waals surface area contributed by atoms with E-state index in [-0.39, 0.29) is 11.7 Å². The van der Waals surface area contributed by atoms with Crippen LogP contribution in [0.5, 0.6) is 0 Å². The summed E-state index contributed by atoms with van der Waals surface area (Å²) in [4.78, 5) is 0. The lowest BCUT2D eigenvalue weighted by atomic mass is 9.93. The fraction of sp³-hybridized carbons (Fsp3) is 0.867. The van der Waals surface area contributed by atoms with Gasteiger partial charge in [0.05, 0.1) is 6.10 Å². The van der Waals surface area contributed by atoms with Crippen molar-refractivity contribution < 1.29 is 9.47 Å². The van der Waals surface area contributed by atoms with Gasteiger partial charge in [0, 0.05) is 14.2 Å². The molecule has 0 aromatic carbocycles. The van der Waals surface area contributed by atoms with E-state index in [1.54, 1.807) is 14.2 Å². The Balaban J connectivity index is 3.86. The molecule has 0 bridgehead atoms. The minimum absolute atomic E-state index is 0.108. The highest BCUT2D eigenvalue weighted by Gasteiger charge is 2.30. The molecule has 102 valence electrons. The molecule has 0 amide bonds. The Morgan fingerprint density at radius 1 is 1.12 bits per heavy atom. The smallest absolute Gasteiger partial charge is 0.109 e. The summed E-state index contributed by atoms with van der Waals surface area (Å²) in [5.74, 6) is 0. The molecule has 2 atom stereocenters. The van der Waals surface area contributed by atoms with Crippen LogP contribution >= 0.6 is 0 Å². The van der Waals surface area contributed by atoms with Crippen molar-refractivity contribution in [2.75, 3.05) is 14.2 Å². The summed E-state index contributed by atoms with van der Waals surface area (Å²) in [5, 5.41) is 0. The zero-order valence-electron chi connectivity index (χ0n) is 12.1. The molecule has 0 radical (unpaired) electrons. The molecule has 2 heteroatoms. The van der Waals surface area contributed by atoms with Crippen LogP contribution in [0.15, 0.2) is 12.7 Å². The first-order valence-corrected chi connectivity index (χ1v) is 6.86. The molecule has 2 unspecified atom stereocenters. The maximum Gasteiger partial charge on any atom is 0.109 e. The van der Waals surface area contributed by atoms with Crippen molar-refractivity contribution in [3.63, 3.8) is 0 Å². The van der Waals surface area contributed by atoms with Crippen LogP contribution in [-0.4, -0.2) is 25.9 Å². The fourth-order valence-electron chi connectivity index (χ4n) is 2.09. The fourth-order valence-corrected chi connectivity index (χ4v) is 2.09. The number of rotatable bonds is 11. The van der Waals surface area contributed by atoms with E-state index in [0.29, 0.717) is 0 Å². The standard InChI is InChI=1S/C15H30O2/c1-6-8-9-10-11-12-13-14(16-4)15(3,7-2)17-5/h7,14H,2,6,8-13H2,1,3-5H3. The number of ether oxygens (including phenoxy) is 2. The Morgan fingerprint density at radius 3 is 2.18 bits per heavy atom. The van der Waals surface area contributed by atoms with Crippen LogP contribution in [0.25, 0.3) is 0 Å². The molecule has 0 saturated heterocycles. The van der Waals surface area contributed by atoms with Gasteiger partial charge in [-0.15, -0.1) is 6.58 Å². The van der Waals surface area contributed by atoms with E-state index in [1.165, 1.54) is 38.5 Å². The van der Waals surface area contributed by atoms with E-state index in [4.69, 9.17) is 9.47 Å². The Hall–Kier alpha value is -0.340. The maximum atomic E-state index is 5.53. The highest BCUT2D eigenvalue weighted by atomic mass is 16.5. The van der Waals surface area contributed by atoms with Crippen molar-refractivity contribution in [3.05, 3.63) is 12.7 Å². The average molecular weight is 242 g/mol. The zero-order chi connectivity index (χ0) is 13.1. The first-order chi connectivity index (χ1) is 8.14. The van der Waals surface area contributed by atoms with Gasteiger partial charge in [-0.25, -0.2) is 0 Å². The van der Waals surface area contributed by atoms with Gasteiger partial charge in [0.25, 0.3) is 0 Å². The van der Waals surface area contributed by atoms with Crippen molar-refractivity contribution in [3.8, 4) is 0 Å². The highest BCUT2D eigenvalue weighted by molar-refractivity contribution is 4.99. The highest BCUT2D eigenvalue weighted by Crippen LogP contribution is 2.23. The minimum Gasteiger partial charge on any atom is -0.378 e. The molecule has 17 heavy (non-hydrogen) atoms. The predicted octanol–water partition coefficient (Wildman–Crippen LogP) is 4.34. The summed E-state index contributed by atoms with van der Waals surface area (Å²) in [7, 11) is 3.47. The van der Waals surface area contributed by atoms with E-state index < -0.39 is 0 Å². The van der Waals surface area contributed by atoms with Gasteiger partial charge in [0.1, 0.15) is 5.60 Å². The van der Waals surface area contributed by atoms with Gasteiger partial charge < -0.3 is 9.47 Å². The molecule has 0 aliphatic rings. The second-order valence-corrected chi connectivity index (χ2v) is 4.87. The van der Waals surface area contributed by atoms with Gasteiger partial charge in [-0.1, -0.05) is 51.5 Å². The average Bonchev–Trinajstić information content (AvgIpc) is 2.37. The van der Waals surface area contributed by atoms with Gasteiger partial charge in [-0.05, 0) is 13.3 Å². The summed E-state index contributed by atoms with van der Waals surface area (Å²) in [6, 6.07) is 0. The Bertz CT molecular complexity index is 191. The van der Waals surface area contributed by atoms with Crippen LogP contribution in [-0.2, 0) is 9.47 Å². The van der Waals surface area contributed by atoms with Crippen molar-refractivity contribution in [1.82, 2.24) is 0 Å². The lowest BCUT2D eigenvalue weighted by Crippen LogP contribution is -2.40.